The van der Waals surface area contributed by atoms with E-state index in [0.717, 1.165) is 25.4 Å². The zero-order valence-electron chi connectivity index (χ0n) is 13.2. The van der Waals surface area contributed by atoms with E-state index in [2.05, 4.69) is 51.0 Å². The highest BCUT2D eigenvalue weighted by atomic mass is 32.1. The van der Waals surface area contributed by atoms with Crippen LogP contribution in [0.2, 0.25) is 0 Å². The van der Waals surface area contributed by atoms with Gasteiger partial charge in [-0.15, -0.1) is 0 Å². The Morgan fingerprint density at radius 1 is 0.870 bits per heavy atom. The van der Waals surface area contributed by atoms with Crippen molar-refractivity contribution in [1.82, 2.24) is 9.88 Å². The smallest absolute Gasteiger partial charge is 0.118 e. The van der Waals surface area contributed by atoms with E-state index in [0.29, 0.717) is 0 Å². The van der Waals surface area contributed by atoms with Gasteiger partial charge in [0.1, 0.15) is 5.75 Å². The van der Waals surface area contributed by atoms with Gasteiger partial charge in [-0.1, -0.05) is 12.1 Å². The Labute approximate surface area is 141 Å². The average Bonchev–Trinajstić information content (AvgIpc) is 3.09. The number of methoxy groups -OCH3 is 1. The van der Waals surface area contributed by atoms with Gasteiger partial charge in [0.15, 0.2) is 0 Å². The quantitative estimate of drug-likeness (QED) is 0.646. The zero-order chi connectivity index (χ0) is 15.9. The average molecular weight is 324 g/mol. The summed E-state index contributed by atoms with van der Waals surface area (Å²) in [7, 11) is 1.70. The summed E-state index contributed by atoms with van der Waals surface area (Å²) < 4.78 is 5.24. The first-order valence-corrected chi connectivity index (χ1v) is 8.53. The lowest BCUT2D eigenvalue weighted by atomic mass is 10.1. The molecule has 0 saturated heterocycles. The highest BCUT2D eigenvalue weighted by Crippen LogP contribution is 2.17. The highest BCUT2D eigenvalue weighted by Gasteiger charge is 2.09. The molecule has 1 aromatic carbocycles. The molecule has 0 saturated carbocycles. The Hall–Kier alpha value is -2.17. The number of pyridine rings is 1. The van der Waals surface area contributed by atoms with Crippen LogP contribution in [0, 0.1) is 0 Å². The normalized spacial score (nSPS) is 10.9. The van der Waals surface area contributed by atoms with Gasteiger partial charge in [0, 0.05) is 32.0 Å². The van der Waals surface area contributed by atoms with Crippen molar-refractivity contribution in [3.8, 4) is 5.75 Å². The summed E-state index contributed by atoms with van der Waals surface area (Å²) in [5, 5.41) is 4.35. The number of nitrogens with zero attached hydrogens (tertiary/aromatic N) is 2. The zero-order valence-corrected chi connectivity index (χ0v) is 14.0. The molecule has 3 nitrogen and oxygen atoms in total. The molecule has 0 aliphatic carbocycles. The molecule has 3 aromatic rings. The van der Waals surface area contributed by atoms with Crippen LogP contribution in [0.4, 0.5) is 0 Å². The van der Waals surface area contributed by atoms with Crippen molar-refractivity contribution in [3.05, 3.63) is 82.3 Å². The Kier molecular flexibility index (Phi) is 5.40. The number of hydrogen-bond donors (Lipinski definition) is 0. The third-order valence-electron chi connectivity index (χ3n) is 3.71. The number of rotatable bonds is 7. The molecule has 0 unspecified atom stereocenters. The lowest BCUT2D eigenvalue weighted by molar-refractivity contribution is 0.248. The molecular weight excluding hydrogens is 304 g/mol. The van der Waals surface area contributed by atoms with Crippen molar-refractivity contribution < 1.29 is 4.74 Å². The van der Waals surface area contributed by atoms with E-state index in [9.17, 15) is 0 Å². The minimum absolute atomic E-state index is 0.896. The molecule has 0 aliphatic heterocycles. The monoisotopic (exact) mass is 324 g/mol. The third-order valence-corrected chi connectivity index (χ3v) is 4.44. The topological polar surface area (TPSA) is 25.4 Å². The Balaban J connectivity index is 1.73. The van der Waals surface area contributed by atoms with Crippen molar-refractivity contribution in [2.45, 2.75) is 19.6 Å². The van der Waals surface area contributed by atoms with E-state index >= 15 is 0 Å². The standard InChI is InChI=1S/C19H20N2OS/c1-22-19-4-2-16(3-5-19)12-21(14-18-8-11-23-15-18)13-17-6-9-20-10-7-17/h2-11,15H,12-14H2,1H3. The lowest BCUT2D eigenvalue weighted by Crippen LogP contribution is -2.22. The fraction of sp³-hybridized carbons (Fsp3) is 0.211. The minimum Gasteiger partial charge on any atom is -0.497 e. The molecule has 0 fully saturated rings. The van der Waals surface area contributed by atoms with Crippen molar-refractivity contribution >= 4 is 11.3 Å². The maximum Gasteiger partial charge on any atom is 0.118 e. The molecule has 0 bridgehead atoms. The number of thiophene rings is 1. The fourth-order valence-electron chi connectivity index (χ4n) is 2.54. The first-order chi connectivity index (χ1) is 11.3. The van der Waals surface area contributed by atoms with Crippen LogP contribution >= 0.6 is 11.3 Å². The SMILES string of the molecule is COc1ccc(CN(Cc2ccncc2)Cc2ccsc2)cc1. The summed E-state index contributed by atoms with van der Waals surface area (Å²) in [5.41, 5.74) is 3.93. The van der Waals surface area contributed by atoms with E-state index < -0.39 is 0 Å². The molecule has 0 spiro atoms. The number of aromatic nitrogens is 1. The molecule has 3 rings (SSSR count). The molecule has 4 heteroatoms. The molecule has 2 aromatic heterocycles. The van der Waals surface area contributed by atoms with E-state index in [1.54, 1.807) is 18.4 Å². The summed E-state index contributed by atoms with van der Waals surface area (Å²) in [6.07, 6.45) is 3.71. The van der Waals surface area contributed by atoms with Crippen LogP contribution in [0.25, 0.3) is 0 Å². The van der Waals surface area contributed by atoms with Crippen molar-refractivity contribution in [3.63, 3.8) is 0 Å². The van der Waals surface area contributed by atoms with E-state index in [1.165, 1.54) is 16.7 Å². The molecule has 23 heavy (non-hydrogen) atoms. The molecular formula is C19H20N2OS. The number of hydrogen-bond acceptors (Lipinski definition) is 4. The van der Waals surface area contributed by atoms with E-state index in [4.69, 9.17) is 4.74 Å². The molecule has 0 atom stereocenters. The number of benzene rings is 1. The first-order valence-electron chi connectivity index (χ1n) is 7.59. The Morgan fingerprint density at radius 3 is 2.13 bits per heavy atom. The largest absolute Gasteiger partial charge is 0.497 e. The van der Waals surface area contributed by atoms with Gasteiger partial charge in [0.25, 0.3) is 0 Å². The van der Waals surface area contributed by atoms with E-state index in [-0.39, 0.29) is 0 Å². The van der Waals surface area contributed by atoms with E-state index in [1.807, 2.05) is 24.5 Å². The minimum atomic E-state index is 0.896. The second-order valence-electron chi connectivity index (χ2n) is 5.48. The van der Waals surface area contributed by atoms with Crippen LogP contribution in [0.3, 0.4) is 0 Å². The van der Waals surface area contributed by atoms with Crippen LogP contribution < -0.4 is 4.74 Å². The van der Waals surface area contributed by atoms with Crippen molar-refractivity contribution in [2.75, 3.05) is 7.11 Å². The molecule has 0 N–H and O–H groups in total. The summed E-state index contributed by atoms with van der Waals surface area (Å²) in [5.74, 6) is 0.896. The van der Waals surface area contributed by atoms with Gasteiger partial charge in [-0.2, -0.15) is 11.3 Å². The summed E-state index contributed by atoms with van der Waals surface area (Å²) >= 11 is 1.75. The van der Waals surface area contributed by atoms with Crippen molar-refractivity contribution in [2.24, 2.45) is 0 Å². The number of ether oxygens (including phenoxy) is 1. The maximum absolute atomic E-state index is 5.24. The molecule has 0 aliphatic rings. The predicted molar refractivity (Wildman–Crippen MR) is 94.5 cm³/mol. The maximum atomic E-state index is 5.24. The van der Waals surface area contributed by atoms with Gasteiger partial charge < -0.3 is 4.74 Å². The highest BCUT2D eigenvalue weighted by molar-refractivity contribution is 7.07. The van der Waals surface area contributed by atoms with Gasteiger partial charge in [-0.3, -0.25) is 9.88 Å². The second-order valence-corrected chi connectivity index (χ2v) is 6.26. The molecule has 0 amide bonds. The Bertz CT molecular complexity index is 696. The summed E-state index contributed by atoms with van der Waals surface area (Å²) in [6, 6.07) is 14.6. The summed E-state index contributed by atoms with van der Waals surface area (Å²) in [4.78, 5) is 6.54. The van der Waals surface area contributed by atoms with Crippen LogP contribution in [0.1, 0.15) is 16.7 Å². The third kappa shape index (κ3) is 4.65. The van der Waals surface area contributed by atoms with Crippen LogP contribution in [-0.4, -0.2) is 17.0 Å². The van der Waals surface area contributed by atoms with Gasteiger partial charge >= 0.3 is 0 Å². The molecule has 0 radical (unpaired) electrons. The predicted octanol–water partition coefficient (Wildman–Crippen LogP) is 4.35. The molecule has 118 valence electrons. The van der Waals surface area contributed by atoms with Gasteiger partial charge in [-0.05, 0) is 57.8 Å². The fourth-order valence-corrected chi connectivity index (χ4v) is 3.20. The Morgan fingerprint density at radius 2 is 1.52 bits per heavy atom. The molecule has 2 heterocycles. The first kappa shape index (κ1) is 15.7. The van der Waals surface area contributed by atoms with Gasteiger partial charge in [0.05, 0.1) is 7.11 Å². The van der Waals surface area contributed by atoms with Crippen LogP contribution in [0.15, 0.2) is 65.6 Å². The van der Waals surface area contributed by atoms with Gasteiger partial charge in [0.2, 0.25) is 0 Å². The second kappa shape index (κ2) is 7.90. The van der Waals surface area contributed by atoms with Crippen molar-refractivity contribution in [1.29, 1.82) is 0 Å². The summed E-state index contributed by atoms with van der Waals surface area (Å²) in [6.45, 7) is 2.75. The van der Waals surface area contributed by atoms with Crippen LogP contribution in [-0.2, 0) is 19.6 Å². The lowest BCUT2D eigenvalue weighted by Gasteiger charge is -2.22. The van der Waals surface area contributed by atoms with Crippen LogP contribution in [0.5, 0.6) is 5.75 Å². The van der Waals surface area contributed by atoms with Gasteiger partial charge in [-0.25, -0.2) is 0 Å².